The summed E-state index contributed by atoms with van der Waals surface area (Å²) in [6, 6.07) is 10.1. The molecule has 0 bridgehead atoms. The summed E-state index contributed by atoms with van der Waals surface area (Å²) in [4.78, 5) is 9.14. The van der Waals surface area contributed by atoms with Gasteiger partial charge in [0.15, 0.2) is 0 Å². The normalized spacial score (nSPS) is 10.2. The number of aryl methyl sites for hydroxylation is 1. The molecule has 0 radical (unpaired) electrons. The molecule has 2 N–H and O–H groups in total. The summed E-state index contributed by atoms with van der Waals surface area (Å²) in [5.41, 5.74) is 6.74. The minimum absolute atomic E-state index is 0.313. The van der Waals surface area contributed by atoms with E-state index in [4.69, 9.17) is 5.73 Å². The standard InChI is InChI=1S/C11H11N3S/c1-8-3-2-4-9(7-8)15-10-5-6-13-11(12)14-10/h2-7H,1H3,(H2,12,13,14). The van der Waals surface area contributed by atoms with Gasteiger partial charge in [0.2, 0.25) is 5.95 Å². The fraction of sp³-hybridized carbons (Fsp3) is 0.0909. The number of hydrogen-bond donors (Lipinski definition) is 1. The van der Waals surface area contributed by atoms with Gasteiger partial charge in [0.05, 0.1) is 0 Å². The van der Waals surface area contributed by atoms with E-state index < -0.39 is 0 Å². The maximum absolute atomic E-state index is 5.51. The molecular formula is C11H11N3S. The highest BCUT2D eigenvalue weighted by Gasteiger charge is 1.99. The van der Waals surface area contributed by atoms with Crippen LogP contribution in [0.15, 0.2) is 46.5 Å². The Bertz CT molecular complexity index is 427. The SMILES string of the molecule is Cc1cccc(Sc2ccnc(N)n2)c1. The molecule has 15 heavy (non-hydrogen) atoms. The molecule has 4 heteroatoms. The number of nitrogens with two attached hydrogens (primary N) is 1. The summed E-state index contributed by atoms with van der Waals surface area (Å²) in [7, 11) is 0. The molecule has 0 aliphatic carbocycles. The van der Waals surface area contributed by atoms with Gasteiger partial charge in [-0.2, -0.15) is 0 Å². The van der Waals surface area contributed by atoms with Crippen molar-refractivity contribution >= 4 is 17.7 Å². The van der Waals surface area contributed by atoms with Gasteiger partial charge < -0.3 is 5.73 Å². The molecule has 0 unspecified atom stereocenters. The van der Waals surface area contributed by atoms with E-state index in [0.717, 1.165) is 9.92 Å². The molecule has 1 aromatic heterocycles. The Morgan fingerprint density at radius 1 is 1.27 bits per heavy atom. The number of anilines is 1. The molecule has 2 rings (SSSR count). The van der Waals surface area contributed by atoms with Crippen LogP contribution in [0, 0.1) is 6.92 Å². The van der Waals surface area contributed by atoms with Crippen molar-refractivity contribution in [2.45, 2.75) is 16.8 Å². The van der Waals surface area contributed by atoms with Crippen LogP contribution in [0.2, 0.25) is 0 Å². The Balaban J connectivity index is 2.22. The highest BCUT2D eigenvalue weighted by molar-refractivity contribution is 7.99. The minimum atomic E-state index is 0.313. The Morgan fingerprint density at radius 3 is 2.87 bits per heavy atom. The van der Waals surface area contributed by atoms with Crippen LogP contribution in [0.4, 0.5) is 5.95 Å². The zero-order chi connectivity index (χ0) is 10.7. The van der Waals surface area contributed by atoms with Gasteiger partial charge in [-0.15, -0.1) is 0 Å². The largest absolute Gasteiger partial charge is 0.368 e. The van der Waals surface area contributed by atoms with Crippen molar-refractivity contribution in [2.75, 3.05) is 5.73 Å². The van der Waals surface area contributed by atoms with Crippen molar-refractivity contribution in [1.29, 1.82) is 0 Å². The number of hydrogen-bond acceptors (Lipinski definition) is 4. The molecule has 0 aliphatic rings. The van der Waals surface area contributed by atoms with E-state index in [0.29, 0.717) is 5.95 Å². The van der Waals surface area contributed by atoms with Gasteiger partial charge in [-0.1, -0.05) is 29.5 Å². The maximum Gasteiger partial charge on any atom is 0.221 e. The number of nitrogens with zero attached hydrogens (tertiary/aromatic N) is 2. The van der Waals surface area contributed by atoms with Gasteiger partial charge in [-0.3, -0.25) is 0 Å². The summed E-state index contributed by atoms with van der Waals surface area (Å²) in [5, 5.41) is 0.869. The molecule has 0 fully saturated rings. The predicted octanol–water partition coefficient (Wildman–Crippen LogP) is 2.52. The third-order valence-electron chi connectivity index (χ3n) is 1.86. The number of rotatable bonds is 2. The molecule has 1 heterocycles. The second-order valence-corrected chi connectivity index (χ2v) is 4.27. The van der Waals surface area contributed by atoms with E-state index >= 15 is 0 Å². The quantitative estimate of drug-likeness (QED) is 0.785. The lowest BCUT2D eigenvalue weighted by Crippen LogP contribution is -1.93. The minimum Gasteiger partial charge on any atom is -0.368 e. The van der Waals surface area contributed by atoms with Gasteiger partial charge >= 0.3 is 0 Å². The third kappa shape index (κ3) is 2.70. The molecule has 0 atom stereocenters. The summed E-state index contributed by atoms with van der Waals surface area (Å²) < 4.78 is 0. The zero-order valence-corrected chi connectivity index (χ0v) is 9.16. The first-order valence-electron chi connectivity index (χ1n) is 4.57. The van der Waals surface area contributed by atoms with E-state index in [9.17, 15) is 0 Å². The van der Waals surface area contributed by atoms with Gasteiger partial charge in [0, 0.05) is 11.1 Å². The van der Waals surface area contributed by atoms with Gasteiger partial charge in [-0.05, 0) is 25.1 Å². The number of benzene rings is 1. The summed E-state index contributed by atoms with van der Waals surface area (Å²) >= 11 is 1.58. The molecule has 2 aromatic rings. The van der Waals surface area contributed by atoms with Crippen LogP contribution in [-0.4, -0.2) is 9.97 Å². The average molecular weight is 217 g/mol. The summed E-state index contributed by atoms with van der Waals surface area (Å²) in [6.45, 7) is 2.07. The second-order valence-electron chi connectivity index (χ2n) is 3.17. The van der Waals surface area contributed by atoms with Gasteiger partial charge in [-0.25, -0.2) is 9.97 Å². The van der Waals surface area contributed by atoms with E-state index in [-0.39, 0.29) is 0 Å². The van der Waals surface area contributed by atoms with Crippen LogP contribution in [0.1, 0.15) is 5.56 Å². The maximum atomic E-state index is 5.51. The topological polar surface area (TPSA) is 51.8 Å². The van der Waals surface area contributed by atoms with E-state index in [1.165, 1.54) is 5.56 Å². The molecule has 3 nitrogen and oxygen atoms in total. The first kappa shape index (κ1) is 9.98. The number of nitrogen functional groups attached to an aromatic ring is 1. The van der Waals surface area contributed by atoms with E-state index in [1.807, 2.05) is 12.1 Å². The lowest BCUT2D eigenvalue weighted by atomic mass is 10.2. The Morgan fingerprint density at radius 2 is 2.13 bits per heavy atom. The zero-order valence-electron chi connectivity index (χ0n) is 8.34. The van der Waals surface area contributed by atoms with Crippen molar-refractivity contribution < 1.29 is 0 Å². The van der Waals surface area contributed by atoms with Crippen LogP contribution < -0.4 is 5.73 Å². The predicted molar refractivity (Wildman–Crippen MR) is 61.7 cm³/mol. The molecule has 0 spiro atoms. The lowest BCUT2D eigenvalue weighted by Gasteiger charge is -2.01. The summed E-state index contributed by atoms with van der Waals surface area (Å²) in [5.74, 6) is 0.313. The van der Waals surface area contributed by atoms with E-state index in [2.05, 4.69) is 35.1 Å². The monoisotopic (exact) mass is 217 g/mol. The number of aromatic nitrogens is 2. The fourth-order valence-corrected chi connectivity index (χ4v) is 2.11. The molecular weight excluding hydrogens is 206 g/mol. The molecule has 0 amide bonds. The Labute approximate surface area is 92.8 Å². The smallest absolute Gasteiger partial charge is 0.221 e. The highest BCUT2D eigenvalue weighted by Crippen LogP contribution is 2.26. The third-order valence-corrected chi connectivity index (χ3v) is 2.79. The second kappa shape index (κ2) is 4.31. The Hall–Kier alpha value is -1.55. The molecule has 1 aromatic carbocycles. The highest BCUT2D eigenvalue weighted by atomic mass is 32.2. The van der Waals surface area contributed by atoms with Gasteiger partial charge in [0.1, 0.15) is 5.03 Å². The van der Waals surface area contributed by atoms with Crippen molar-refractivity contribution in [3.8, 4) is 0 Å². The molecule has 0 saturated carbocycles. The average Bonchev–Trinajstić information content (AvgIpc) is 2.17. The van der Waals surface area contributed by atoms with Crippen molar-refractivity contribution in [3.63, 3.8) is 0 Å². The van der Waals surface area contributed by atoms with Crippen molar-refractivity contribution in [2.24, 2.45) is 0 Å². The molecule has 0 saturated heterocycles. The van der Waals surface area contributed by atoms with E-state index in [1.54, 1.807) is 18.0 Å². The van der Waals surface area contributed by atoms with Crippen LogP contribution in [0.5, 0.6) is 0 Å². The lowest BCUT2D eigenvalue weighted by molar-refractivity contribution is 1.06. The van der Waals surface area contributed by atoms with Crippen molar-refractivity contribution in [3.05, 3.63) is 42.1 Å². The molecule has 76 valence electrons. The van der Waals surface area contributed by atoms with Crippen LogP contribution in [-0.2, 0) is 0 Å². The van der Waals surface area contributed by atoms with Crippen molar-refractivity contribution in [1.82, 2.24) is 9.97 Å². The van der Waals surface area contributed by atoms with Crippen LogP contribution >= 0.6 is 11.8 Å². The summed E-state index contributed by atoms with van der Waals surface area (Å²) in [6.07, 6.45) is 1.67. The fourth-order valence-electron chi connectivity index (χ4n) is 1.21. The van der Waals surface area contributed by atoms with Gasteiger partial charge in [0.25, 0.3) is 0 Å². The van der Waals surface area contributed by atoms with Crippen LogP contribution in [0.25, 0.3) is 0 Å². The first-order chi connectivity index (χ1) is 7.24. The van der Waals surface area contributed by atoms with Crippen LogP contribution in [0.3, 0.4) is 0 Å². The first-order valence-corrected chi connectivity index (χ1v) is 5.39. The Kier molecular flexibility index (Phi) is 2.87. The molecule has 0 aliphatic heterocycles.